The smallest absolute Gasteiger partial charge is 0.459 e. The zero-order chi connectivity index (χ0) is 80.5. The molecule has 7 rings (SSSR count). The maximum absolute atomic E-state index is 14.5. The van der Waals surface area contributed by atoms with Crippen LogP contribution in [0.3, 0.4) is 0 Å². The van der Waals surface area contributed by atoms with Gasteiger partial charge in [0.1, 0.15) is 106 Å². The Kier molecular flexibility index (Phi) is 25.9. The summed E-state index contributed by atoms with van der Waals surface area (Å²) < 4.78 is 81.3. The molecule has 33 nitrogen and oxygen atoms in total. The molecule has 3 unspecified atom stereocenters. The number of ether oxygens (including phenoxy) is 15. The molecule has 6 aromatic carbocycles. The lowest BCUT2D eigenvalue weighted by Crippen LogP contribution is -2.57. The lowest BCUT2D eigenvalue weighted by Gasteiger charge is -2.20. The zero-order valence-corrected chi connectivity index (χ0v) is 62.8. The molecule has 3 N–H and O–H groups in total. The Bertz CT molecular complexity index is 4270. The Balaban J connectivity index is 1.21. The van der Waals surface area contributed by atoms with E-state index in [9.17, 15) is 72.9 Å². The summed E-state index contributed by atoms with van der Waals surface area (Å²) in [7, 11) is 0. The van der Waals surface area contributed by atoms with E-state index in [4.69, 9.17) is 71.1 Å². The van der Waals surface area contributed by atoms with Gasteiger partial charge in [-0.1, -0.05) is 0 Å². The van der Waals surface area contributed by atoms with Gasteiger partial charge < -0.3 is 86.4 Å². The van der Waals surface area contributed by atoms with Gasteiger partial charge >= 0.3 is 71.9 Å². The molecule has 582 valence electrons. The molecular formula is C75H87N3O30. The van der Waals surface area contributed by atoms with Crippen molar-refractivity contribution in [1.29, 1.82) is 0 Å². The summed E-state index contributed by atoms with van der Waals surface area (Å²) in [5.41, 5.74) is -11.4. The molecule has 1 heterocycles. The molecule has 108 heavy (non-hydrogen) atoms. The second-order valence-corrected chi connectivity index (χ2v) is 30.4. The van der Waals surface area contributed by atoms with Gasteiger partial charge in [-0.3, -0.25) is 0 Å². The van der Waals surface area contributed by atoms with Crippen LogP contribution in [0.25, 0.3) is 32.3 Å². The standard InChI is InChI=1S/C75H87N3O30/c1-70(2,3)103-64(88)97-46-19-22-52-40(25-46)28-49(100-67(91)106-73(10,11)12)31-55(52)58(82)94-37-43(79)34-76-61(85)77(35-44(80)38-95-59(83)56-32-50(101-68(92)107-74(13,14)15)29-41-26-47(20-23-53(41)56)98-65(89)104-71(4,5)6)63(87)78(62(76)86)36-45(81)39-96-60(84)57-33-51(102-69(93)108-75(16,17)18)30-42-27-48(21-24-54(42)57)99-66(90)105-72(7,8)9/h19-33,43-45,79-81H,34-39H2,1-18H3. The zero-order valence-electron chi connectivity index (χ0n) is 62.8. The predicted molar refractivity (Wildman–Crippen MR) is 381 cm³/mol. The highest BCUT2D eigenvalue weighted by Gasteiger charge is 2.30. The van der Waals surface area contributed by atoms with Crippen LogP contribution in [0.5, 0.6) is 34.5 Å². The average molecular weight is 1510 g/mol. The normalized spacial score (nSPS) is 12.9. The number of aliphatic hydroxyl groups excluding tert-OH is 3. The van der Waals surface area contributed by atoms with E-state index in [-0.39, 0.29) is 97.2 Å². The summed E-state index contributed by atoms with van der Waals surface area (Å²) in [6, 6.07) is 19.2. The SMILES string of the molecule is CC(C)(C)OC(=O)Oc1ccc2c(C(=O)OCC(O)Cn3c(=O)n(CC(O)COC(=O)c4cc(OC(=O)OC(C)(C)C)cc5cc(OC(=O)OC(C)(C)C)ccc45)c(=O)n(CC(O)COC(=O)c4cc(OC(=O)OC(C)(C)C)cc5cc(OC(=O)OC(C)(C)C)ccc45)c3=O)cc(OC(=O)OC(C)(C)C)cc2c1. The van der Waals surface area contributed by atoms with Crippen LogP contribution in [0.15, 0.2) is 105 Å². The van der Waals surface area contributed by atoms with Crippen molar-refractivity contribution in [2.45, 2.75) is 196 Å². The van der Waals surface area contributed by atoms with E-state index in [1.807, 2.05) is 0 Å². The molecule has 0 bridgehead atoms. The maximum atomic E-state index is 14.5. The molecule has 33 heteroatoms. The molecule has 0 saturated carbocycles. The van der Waals surface area contributed by atoms with Crippen LogP contribution in [0.1, 0.15) is 156 Å². The first-order chi connectivity index (χ1) is 49.8. The lowest BCUT2D eigenvalue weighted by molar-refractivity contribution is 0.0160. The number of carbonyl (C=O) groups excluding carboxylic acids is 9. The Hall–Kier alpha value is -11.6. The van der Waals surface area contributed by atoms with E-state index in [0.29, 0.717) is 0 Å². The van der Waals surface area contributed by atoms with Crippen LogP contribution in [0, 0.1) is 0 Å². The van der Waals surface area contributed by atoms with Crippen LogP contribution in [-0.2, 0) is 62.3 Å². The number of carbonyl (C=O) groups is 9. The van der Waals surface area contributed by atoms with Gasteiger partial charge in [-0.25, -0.2) is 71.2 Å². The van der Waals surface area contributed by atoms with Crippen LogP contribution < -0.4 is 45.5 Å². The molecule has 0 aliphatic heterocycles. The van der Waals surface area contributed by atoms with Crippen molar-refractivity contribution in [2.24, 2.45) is 0 Å². The Labute approximate surface area is 617 Å². The number of hydrogen-bond acceptors (Lipinski definition) is 30. The van der Waals surface area contributed by atoms with Crippen LogP contribution in [0.2, 0.25) is 0 Å². The molecule has 7 aromatic rings. The fraction of sp³-hybridized carbons (Fsp3) is 0.440. The van der Waals surface area contributed by atoms with Crippen molar-refractivity contribution in [3.63, 3.8) is 0 Å². The second-order valence-electron chi connectivity index (χ2n) is 30.4. The number of hydrogen-bond donors (Lipinski definition) is 3. The van der Waals surface area contributed by atoms with Gasteiger partial charge in [0, 0.05) is 0 Å². The molecule has 0 aliphatic carbocycles. The van der Waals surface area contributed by atoms with Gasteiger partial charge in [0.2, 0.25) is 0 Å². The Morgan fingerprint density at radius 3 is 0.676 bits per heavy atom. The van der Waals surface area contributed by atoms with Crippen molar-refractivity contribution in [3.05, 3.63) is 139 Å². The topological polar surface area (TPSA) is 419 Å². The van der Waals surface area contributed by atoms with E-state index in [1.54, 1.807) is 125 Å². The van der Waals surface area contributed by atoms with Crippen LogP contribution in [0.4, 0.5) is 28.8 Å². The quantitative estimate of drug-likeness (QED) is 0.0342. The maximum Gasteiger partial charge on any atom is 0.514 e. The fourth-order valence-electron chi connectivity index (χ4n) is 9.73. The largest absolute Gasteiger partial charge is 0.514 e. The molecule has 0 fully saturated rings. The van der Waals surface area contributed by atoms with E-state index >= 15 is 0 Å². The second kappa shape index (κ2) is 33.5. The van der Waals surface area contributed by atoms with Crippen LogP contribution in [-0.4, -0.2) is 156 Å². The van der Waals surface area contributed by atoms with E-state index in [1.165, 1.54) is 72.8 Å². The summed E-state index contributed by atoms with van der Waals surface area (Å²) >= 11 is 0. The fourth-order valence-corrected chi connectivity index (χ4v) is 9.73. The molecule has 0 aliphatic rings. The first-order valence-electron chi connectivity index (χ1n) is 33.5. The van der Waals surface area contributed by atoms with Gasteiger partial charge in [0.15, 0.2) is 0 Å². The van der Waals surface area contributed by atoms with Crippen molar-refractivity contribution in [1.82, 2.24) is 13.7 Å². The first-order valence-corrected chi connectivity index (χ1v) is 33.5. The van der Waals surface area contributed by atoms with Crippen LogP contribution >= 0.6 is 0 Å². The number of aliphatic hydroxyl groups is 3. The third kappa shape index (κ3) is 25.3. The van der Waals surface area contributed by atoms with Crippen molar-refractivity contribution in [2.75, 3.05) is 19.8 Å². The summed E-state index contributed by atoms with van der Waals surface area (Å²) in [5.74, 6) is -4.60. The minimum Gasteiger partial charge on any atom is -0.459 e. The number of fused-ring (bicyclic) bond motifs is 3. The minimum absolute atomic E-state index is 0.0675. The number of aromatic nitrogens is 3. The van der Waals surface area contributed by atoms with Crippen molar-refractivity contribution >= 4 is 87.2 Å². The molecule has 0 saturated heterocycles. The highest BCUT2D eigenvalue weighted by atomic mass is 16.8. The molecular weight excluding hydrogens is 1420 g/mol. The Morgan fingerprint density at radius 2 is 0.481 bits per heavy atom. The minimum atomic E-state index is -2.02. The molecule has 0 amide bonds. The summed E-state index contributed by atoms with van der Waals surface area (Å²) in [4.78, 5) is 163. The van der Waals surface area contributed by atoms with E-state index in [0.717, 1.165) is 18.2 Å². The number of rotatable bonds is 21. The summed E-state index contributed by atoms with van der Waals surface area (Å²) in [6.45, 7) is 22.3. The summed E-state index contributed by atoms with van der Waals surface area (Å²) in [5, 5.41) is 35.5. The highest BCUT2D eigenvalue weighted by molar-refractivity contribution is 6.08. The van der Waals surface area contributed by atoms with Gasteiger partial charge in [-0.2, -0.15) is 0 Å². The van der Waals surface area contributed by atoms with Gasteiger partial charge in [-0.05, 0) is 248 Å². The predicted octanol–water partition coefficient (Wildman–Crippen LogP) is 11.2. The number of benzene rings is 6. The first kappa shape index (κ1) is 83.7. The Morgan fingerprint density at radius 1 is 0.296 bits per heavy atom. The van der Waals surface area contributed by atoms with Gasteiger partial charge in [0.25, 0.3) is 0 Å². The lowest BCUT2D eigenvalue weighted by atomic mass is 10.0. The molecule has 1 aromatic heterocycles. The van der Waals surface area contributed by atoms with E-state index in [2.05, 4.69) is 0 Å². The highest BCUT2D eigenvalue weighted by Crippen LogP contribution is 2.35. The monoisotopic (exact) mass is 1510 g/mol. The van der Waals surface area contributed by atoms with Crippen molar-refractivity contribution in [3.8, 4) is 34.5 Å². The molecule has 3 atom stereocenters. The number of nitrogens with zero attached hydrogens (tertiary/aromatic N) is 3. The number of esters is 3. The van der Waals surface area contributed by atoms with Gasteiger partial charge in [0.05, 0.1) is 36.3 Å². The van der Waals surface area contributed by atoms with E-state index < -0.39 is 163 Å². The van der Waals surface area contributed by atoms with Gasteiger partial charge in [-0.15, -0.1) is 0 Å². The molecule has 0 radical (unpaired) electrons. The average Bonchev–Trinajstić information content (AvgIpc) is 0.785. The third-order valence-corrected chi connectivity index (χ3v) is 13.7. The van der Waals surface area contributed by atoms with Crippen molar-refractivity contribution < 1.29 is 130 Å². The molecule has 0 spiro atoms. The summed E-state index contributed by atoms with van der Waals surface area (Å²) in [6.07, 6.45) is -12.8. The third-order valence-electron chi connectivity index (χ3n) is 13.7.